The van der Waals surface area contributed by atoms with Crippen LogP contribution in [0.1, 0.15) is 47.6 Å². The molecule has 1 aromatic heterocycles. The normalized spacial score (nSPS) is 11.7. The molecule has 1 heterocycles. The average molecular weight is 495 g/mol. The Kier molecular flexibility index (Phi) is 10.2. The van der Waals surface area contributed by atoms with E-state index in [0.717, 1.165) is 16.8 Å². The summed E-state index contributed by atoms with van der Waals surface area (Å²) >= 11 is 5.92. The number of nitrogens with one attached hydrogen (secondary N) is 1. The third-order valence-electron chi connectivity index (χ3n) is 4.81. The van der Waals surface area contributed by atoms with E-state index in [4.69, 9.17) is 26.7 Å². The van der Waals surface area contributed by atoms with Gasteiger partial charge in [-0.2, -0.15) is 0 Å². The fourth-order valence-corrected chi connectivity index (χ4v) is 3.15. The lowest BCUT2D eigenvalue weighted by Gasteiger charge is -2.11. The van der Waals surface area contributed by atoms with Crippen LogP contribution in [0.2, 0.25) is 5.02 Å². The molecular weight excluding hydrogens is 464 g/mol. The lowest BCUT2D eigenvalue weighted by Crippen LogP contribution is -2.21. The molecule has 0 fully saturated rings. The van der Waals surface area contributed by atoms with Gasteiger partial charge in [0.05, 0.1) is 0 Å². The number of aliphatic imine (C=N–C) groups is 1. The molecule has 35 heavy (non-hydrogen) atoms. The summed E-state index contributed by atoms with van der Waals surface area (Å²) in [6, 6.07) is 15.0. The van der Waals surface area contributed by atoms with Gasteiger partial charge in [-0.15, -0.1) is 18.3 Å². The van der Waals surface area contributed by atoms with E-state index in [-0.39, 0.29) is 17.8 Å². The molecule has 0 aliphatic carbocycles. The van der Waals surface area contributed by atoms with Crippen molar-refractivity contribution in [3.8, 4) is 0 Å². The second-order valence-corrected chi connectivity index (χ2v) is 8.05. The minimum absolute atomic E-state index is 0.0561. The highest BCUT2D eigenvalue weighted by atomic mass is 35.5. The van der Waals surface area contributed by atoms with E-state index in [1.54, 1.807) is 33.2 Å². The number of rotatable bonds is 8. The zero-order chi connectivity index (χ0) is 26.0. The van der Waals surface area contributed by atoms with Crippen molar-refractivity contribution in [3.63, 3.8) is 0 Å². The first-order valence-corrected chi connectivity index (χ1v) is 11.3. The fourth-order valence-electron chi connectivity index (χ4n) is 3.02. The first kappa shape index (κ1) is 27.3. The van der Waals surface area contributed by atoms with Crippen LogP contribution in [0.15, 0.2) is 76.8 Å². The first-order valence-electron chi connectivity index (χ1n) is 11.0. The zero-order valence-corrected chi connectivity index (χ0v) is 21.3. The summed E-state index contributed by atoms with van der Waals surface area (Å²) in [5, 5.41) is 11.9. The van der Waals surface area contributed by atoms with Gasteiger partial charge in [0.2, 0.25) is 0 Å². The number of halogens is 1. The van der Waals surface area contributed by atoms with Gasteiger partial charge in [0, 0.05) is 42.6 Å². The van der Waals surface area contributed by atoms with Crippen molar-refractivity contribution >= 4 is 34.9 Å². The molecule has 0 spiro atoms. The maximum atomic E-state index is 12.1. The second-order valence-electron chi connectivity index (χ2n) is 7.61. The van der Waals surface area contributed by atoms with Crippen molar-refractivity contribution in [2.24, 2.45) is 10.7 Å². The van der Waals surface area contributed by atoms with Crippen LogP contribution in [0.3, 0.4) is 0 Å². The summed E-state index contributed by atoms with van der Waals surface area (Å²) in [7, 11) is 3.44. The first-order chi connectivity index (χ1) is 16.8. The van der Waals surface area contributed by atoms with Crippen LogP contribution in [0.5, 0.6) is 0 Å². The predicted octanol–water partition coefficient (Wildman–Crippen LogP) is 5.39. The standard InChI is InChI=1S/C24H27ClN6O2.C2H4/c1-5-20(17-8-10-18(11-9-17)23(32)31(3)4)28-21(15(2)26)22-29-30-24(33-22)27-14-16-6-12-19(25)13-7-16;1-2/h6-13H,5,14,26H2,1-4H3,(H,27,30);1-2H2/b21-15+,28-20?;. The van der Waals surface area contributed by atoms with Crippen molar-refractivity contribution in [1.29, 1.82) is 0 Å². The van der Waals surface area contributed by atoms with E-state index in [1.807, 2.05) is 43.3 Å². The highest BCUT2D eigenvalue weighted by Crippen LogP contribution is 2.22. The van der Waals surface area contributed by atoms with Crippen molar-refractivity contribution in [3.05, 3.63) is 95.0 Å². The van der Waals surface area contributed by atoms with Crippen LogP contribution >= 0.6 is 11.6 Å². The largest absolute Gasteiger partial charge is 0.402 e. The molecule has 3 aromatic rings. The van der Waals surface area contributed by atoms with Gasteiger partial charge in [-0.25, -0.2) is 4.99 Å². The van der Waals surface area contributed by atoms with Gasteiger partial charge in [0.25, 0.3) is 11.8 Å². The number of carbonyl (C=O) groups is 1. The number of anilines is 1. The summed E-state index contributed by atoms with van der Waals surface area (Å²) < 4.78 is 5.76. The molecule has 0 aliphatic heterocycles. The lowest BCUT2D eigenvalue weighted by molar-refractivity contribution is 0.0827. The van der Waals surface area contributed by atoms with Gasteiger partial charge in [-0.3, -0.25) is 4.79 Å². The van der Waals surface area contributed by atoms with Gasteiger partial charge >= 0.3 is 6.01 Å². The van der Waals surface area contributed by atoms with Crippen molar-refractivity contribution in [2.45, 2.75) is 26.8 Å². The molecule has 0 aliphatic rings. The summed E-state index contributed by atoms with van der Waals surface area (Å²) in [6.45, 7) is 10.2. The summed E-state index contributed by atoms with van der Waals surface area (Å²) in [5.74, 6) is 0.165. The van der Waals surface area contributed by atoms with E-state index in [1.165, 1.54) is 4.90 Å². The van der Waals surface area contributed by atoms with Gasteiger partial charge in [0.15, 0.2) is 0 Å². The molecule has 184 valence electrons. The number of benzene rings is 2. The van der Waals surface area contributed by atoms with E-state index >= 15 is 0 Å². The summed E-state index contributed by atoms with van der Waals surface area (Å²) in [6.07, 6.45) is 0.646. The minimum Gasteiger partial charge on any atom is -0.402 e. The van der Waals surface area contributed by atoms with Crippen molar-refractivity contribution in [1.82, 2.24) is 15.1 Å². The quantitative estimate of drug-likeness (QED) is 0.321. The predicted molar refractivity (Wildman–Crippen MR) is 142 cm³/mol. The Bertz CT molecular complexity index is 1180. The Balaban J connectivity index is 0.00000210. The number of aromatic nitrogens is 2. The van der Waals surface area contributed by atoms with E-state index < -0.39 is 0 Å². The minimum atomic E-state index is -0.0561. The molecule has 0 atom stereocenters. The Morgan fingerprint density at radius 2 is 1.69 bits per heavy atom. The Labute approximate surface area is 211 Å². The van der Waals surface area contributed by atoms with Gasteiger partial charge in [-0.05, 0) is 48.7 Å². The van der Waals surface area contributed by atoms with Crippen molar-refractivity contribution < 1.29 is 9.21 Å². The second kappa shape index (κ2) is 13.1. The Hall–Kier alpha value is -3.91. The molecule has 0 bridgehead atoms. The maximum Gasteiger partial charge on any atom is 0.316 e. The highest BCUT2D eigenvalue weighted by Gasteiger charge is 2.15. The number of nitrogens with two attached hydrogens (primary N) is 1. The van der Waals surface area contributed by atoms with Crippen LogP contribution in [0, 0.1) is 0 Å². The number of hydrogen-bond acceptors (Lipinski definition) is 7. The number of nitrogens with zero attached hydrogens (tertiary/aromatic N) is 4. The summed E-state index contributed by atoms with van der Waals surface area (Å²) in [4.78, 5) is 18.4. The van der Waals surface area contributed by atoms with Crippen LogP contribution in [-0.4, -0.2) is 40.8 Å². The van der Waals surface area contributed by atoms with Gasteiger partial charge in [-0.1, -0.05) is 47.9 Å². The van der Waals surface area contributed by atoms with Crippen LogP contribution in [0.4, 0.5) is 6.01 Å². The smallest absolute Gasteiger partial charge is 0.316 e. The SMILES string of the molecule is C=C.CCC(=N/C(=C(\C)N)c1nnc(NCc2ccc(Cl)cc2)o1)c1ccc(C(=O)N(C)C)cc1. The summed E-state index contributed by atoms with van der Waals surface area (Å²) in [5.41, 5.74) is 10.3. The van der Waals surface area contributed by atoms with E-state index in [2.05, 4.69) is 28.7 Å². The number of hydrogen-bond donors (Lipinski definition) is 2. The zero-order valence-electron chi connectivity index (χ0n) is 20.5. The molecule has 0 saturated heterocycles. The Morgan fingerprint density at radius 1 is 1.09 bits per heavy atom. The van der Waals surface area contributed by atoms with Crippen LogP contribution < -0.4 is 11.1 Å². The molecule has 3 N–H and O–H groups in total. The molecule has 0 unspecified atom stereocenters. The van der Waals surface area contributed by atoms with Gasteiger partial charge < -0.3 is 20.4 Å². The average Bonchev–Trinajstić information content (AvgIpc) is 3.33. The van der Waals surface area contributed by atoms with Crippen LogP contribution in [-0.2, 0) is 6.54 Å². The number of amides is 1. The molecule has 2 aromatic carbocycles. The maximum absolute atomic E-state index is 12.1. The van der Waals surface area contributed by atoms with E-state index in [0.29, 0.717) is 34.9 Å². The molecular formula is C26H31ClN6O2. The number of allylic oxidation sites excluding steroid dienone is 1. The third-order valence-corrected chi connectivity index (χ3v) is 5.06. The fraction of sp³-hybridized carbons (Fsp3) is 0.231. The Morgan fingerprint density at radius 3 is 2.23 bits per heavy atom. The topological polar surface area (TPSA) is 110 Å². The van der Waals surface area contributed by atoms with Gasteiger partial charge in [0.1, 0.15) is 5.70 Å². The molecule has 0 radical (unpaired) electrons. The molecule has 8 nitrogen and oxygen atoms in total. The monoisotopic (exact) mass is 494 g/mol. The molecule has 9 heteroatoms. The van der Waals surface area contributed by atoms with E-state index in [9.17, 15) is 4.79 Å². The molecule has 0 saturated carbocycles. The van der Waals surface area contributed by atoms with Crippen molar-refractivity contribution in [2.75, 3.05) is 19.4 Å². The lowest BCUT2D eigenvalue weighted by atomic mass is 10.0. The highest BCUT2D eigenvalue weighted by molar-refractivity contribution is 6.30. The molecule has 1 amide bonds. The third kappa shape index (κ3) is 7.55. The molecule has 3 rings (SSSR count). The number of carbonyl (C=O) groups excluding carboxylic acids is 1. The van der Waals surface area contributed by atoms with Crippen LogP contribution in [0.25, 0.3) is 5.70 Å².